The van der Waals surface area contributed by atoms with Crippen molar-refractivity contribution in [2.24, 2.45) is 11.7 Å². The van der Waals surface area contributed by atoms with Gasteiger partial charge in [0.1, 0.15) is 0 Å². The number of hydrogen-bond donors (Lipinski definition) is 2. The summed E-state index contributed by atoms with van der Waals surface area (Å²) in [6.45, 7) is 5.72. The first kappa shape index (κ1) is 16.4. The van der Waals surface area contributed by atoms with E-state index >= 15 is 0 Å². The van der Waals surface area contributed by atoms with E-state index < -0.39 is 0 Å². The third kappa shape index (κ3) is 5.49. The molecule has 0 saturated heterocycles. The molecule has 112 valence electrons. The van der Waals surface area contributed by atoms with E-state index in [4.69, 9.17) is 5.73 Å². The van der Waals surface area contributed by atoms with Gasteiger partial charge in [0.2, 0.25) is 5.91 Å². The fraction of sp³-hybridized carbons (Fsp3) is 0.933. The summed E-state index contributed by atoms with van der Waals surface area (Å²) in [6, 6.07) is 0.777. The standard InChI is InChI=1S/C15H31N3O/c1-4-9-17-15(19)10-14(11-16)18(3)13-7-5-12(2)6-8-13/h12-14H,4-11,16H2,1-3H3,(H,17,19). The van der Waals surface area contributed by atoms with E-state index in [9.17, 15) is 4.79 Å². The Morgan fingerprint density at radius 3 is 2.53 bits per heavy atom. The van der Waals surface area contributed by atoms with E-state index in [0.717, 1.165) is 18.9 Å². The summed E-state index contributed by atoms with van der Waals surface area (Å²) in [5.41, 5.74) is 5.86. The van der Waals surface area contributed by atoms with E-state index in [-0.39, 0.29) is 11.9 Å². The lowest BCUT2D eigenvalue weighted by atomic mass is 9.86. The lowest BCUT2D eigenvalue weighted by Gasteiger charge is -2.38. The second-order valence-electron chi connectivity index (χ2n) is 6.02. The molecule has 0 aliphatic heterocycles. The van der Waals surface area contributed by atoms with Crippen LogP contribution in [0.25, 0.3) is 0 Å². The topological polar surface area (TPSA) is 58.4 Å². The summed E-state index contributed by atoms with van der Waals surface area (Å²) in [5, 5.41) is 2.94. The van der Waals surface area contributed by atoms with Crippen LogP contribution in [0.3, 0.4) is 0 Å². The van der Waals surface area contributed by atoms with Crippen molar-refractivity contribution in [2.45, 2.75) is 64.5 Å². The third-order valence-electron chi connectivity index (χ3n) is 4.40. The highest BCUT2D eigenvalue weighted by atomic mass is 16.1. The SMILES string of the molecule is CCCNC(=O)CC(CN)N(C)C1CCC(C)CC1. The maximum Gasteiger partial charge on any atom is 0.221 e. The molecule has 1 fully saturated rings. The molecule has 1 atom stereocenters. The lowest BCUT2D eigenvalue weighted by molar-refractivity contribution is -0.122. The quantitative estimate of drug-likeness (QED) is 0.740. The number of nitrogens with zero attached hydrogens (tertiary/aromatic N) is 1. The van der Waals surface area contributed by atoms with Crippen LogP contribution in [0.5, 0.6) is 0 Å². The zero-order valence-corrected chi connectivity index (χ0v) is 12.8. The summed E-state index contributed by atoms with van der Waals surface area (Å²) in [7, 11) is 2.13. The molecule has 0 aromatic heterocycles. The van der Waals surface area contributed by atoms with Crippen LogP contribution >= 0.6 is 0 Å². The molecule has 1 saturated carbocycles. The molecule has 19 heavy (non-hydrogen) atoms. The van der Waals surface area contributed by atoms with Crippen molar-refractivity contribution in [2.75, 3.05) is 20.1 Å². The Morgan fingerprint density at radius 2 is 2.00 bits per heavy atom. The molecule has 1 unspecified atom stereocenters. The predicted octanol–water partition coefficient (Wildman–Crippen LogP) is 1.74. The van der Waals surface area contributed by atoms with Crippen LogP contribution in [0.4, 0.5) is 0 Å². The molecular weight excluding hydrogens is 238 g/mol. The van der Waals surface area contributed by atoms with E-state index in [1.165, 1.54) is 25.7 Å². The van der Waals surface area contributed by atoms with Gasteiger partial charge in [0.25, 0.3) is 0 Å². The number of rotatable bonds is 7. The van der Waals surface area contributed by atoms with Crippen molar-refractivity contribution in [3.8, 4) is 0 Å². The van der Waals surface area contributed by atoms with Crippen LogP contribution < -0.4 is 11.1 Å². The maximum atomic E-state index is 11.8. The molecule has 0 radical (unpaired) electrons. The fourth-order valence-corrected chi connectivity index (χ4v) is 2.89. The molecule has 0 spiro atoms. The van der Waals surface area contributed by atoms with Crippen LogP contribution in [0.15, 0.2) is 0 Å². The highest BCUT2D eigenvalue weighted by Crippen LogP contribution is 2.27. The van der Waals surface area contributed by atoms with Crippen LogP contribution in [-0.2, 0) is 4.79 Å². The molecule has 3 N–H and O–H groups in total. The van der Waals surface area contributed by atoms with Crippen molar-refractivity contribution in [3.63, 3.8) is 0 Å². The molecule has 1 aliphatic rings. The van der Waals surface area contributed by atoms with Crippen LogP contribution in [0, 0.1) is 5.92 Å². The number of carbonyl (C=O) groups is 1. The van der Waals surface area contributed by atoms with Gasteiger partial charge >= 0.3 is 0 Å². The average Bonchev–Trinajstić information content (AvgIpc) is 2.42. The molecule has 1 rings (SSSR count). The van der Waals surface area contributed by atoms with Crippen molar-refractivity contribution < 1.29 is 4.79 Å². The largest absolute Gasteiger partial charge is 0.356 e. The Bertz CT molecular complexity index is 262. The number of likely N-dealkylation sites (N-methyl/N-ethyl adjacent to an activating group) is 1. The Kier molecular flexibility index (Phi) is 7.39. The molecule has 4 heteroatoms. The monoisotopic (exact) mass is 269 g/mol. The fourth-order valence-electron chi connectivity index (χ4n) is 2.89. The second kappa shape index (κ2) is 8.54. The first-order chi connectivity index (χ1) is 9.08. The van der Waals surface area contributed by atoms with Gasteiger partial charge in [-0.15, -0.1) is 0 Å². The van der Waals surface area contributed by atoms with Gasteiger partial charge in [-0.05, 0) is 45.1 Å². The normalized spacial score (nSPS) is 25.3. The van der Waals surface area contributed by atoms with Crippen molar-refractivity contribution in [3.05, 3.63) is 0 Å². The Morgan fingerprint density at radius 1 is 1.37 bits per heavy atom. The number of amides is 1. The van der Waals surface area contributed by atoms with Gasteiger partial charge in [0.05, 0.1) is 0 Å². The summed E-state index contributed by atoms with van der Waals surface area (Å²) in [5.74, 6) is 0.988. The zero-order chi connectivity index (χ0) is 14.3. The summed E-state index contributed by atoms with van der Waals surface area (Å²) in [4.78, 5) is 14.2. The lowest BCUT2D eigenvalue weighted by Crippen LogP contribution is -2.47. The predicted molar refractivity (Wildman–Crippen MR) is 79.9 cm³/mol. The van der Waals surface area contributed by atoms with E-state index in [1.807, 2.05) is 0 Å². The van der Waals surface area contributed by atoms with Crippen LogP contribution in [0.2, 0.25) is 0 Å². The molecule has 1 amide bonds. The molecule has 0 heterocycles. The number of nitrogens with two attached hydrogens (primary N) is 1. The molecule has 4 nitrogen and oxygen atoms in total. The number of nitrogens with one attached hydrogen (secondary N) is 1. The molecule has 1 aliphatic carbocycles. The van der Waals surface area contributed by atoms with Gasteiger partial charge in [0.15, 0.2) is 0 Å². The Hall–Kier alpha value is -0.610. The highest BCUT2D eigenvalue weighted by Gasteiger charge is 2.27. The minimum absolute atomic E-state index is 0.133. The minimum Gasteiger partial charge on any atom is -0.356 e. The molecule has 0 bridgehead atoms. The second-order valence-corrected chi connectivity index (χ2v) is 6.02. The highest BCUT2D eigenvalue weighted by molar-refractivity contribution is 5.76. The molecular formula is C15H31N3O. The van der Waals surface area contributed by atoms with Gasteiger partial charge < -0.3 is 11.1 Å². The maximum absolute atomic E-state index is 11.8. The van der Waals surface area contributed by atoms with Gasteiger partial charge in [0, 0.05) is 31.6 Å². The smallest absolute Gasteiger partial charge is 0.221 e. The summed E-state index contributed by atoms with van der Waals surface area (Å²) < 4.78 is 0. The zero-order valence-electron chi connectivity index (χ0n) is 12.8. The first-order valence-corrected chi connectivity index (χ1v) is 7.77. The first-order valence-electron chi connectivity index (χ1n) is 7.77. The van der Waals surface area contributed by atoms with Crippen LogP contribution in [-0.4, -0.2) is 43.0 Å². The van der Waals surface area contributed by atoms with Crippen molar-refractivity contribution >= 4 is 5.91 Å². The van der Waals surface area contributed by atoms with E-state index in [1.54, 1.807) is 0 Å². The summed E-state index contributed by atoms with van der Waals surface area (Å²) >= 11 is 0. The van der Waals surface area contributed by atoms with Gasteiger partial charge in [-0.3, -0.25) is 9.69 Å². The number of hydrogen-bond acceptors (Lipinski definition) is 3. The minimum atomic E-state index is 0.133. The summed E-state index contributed by atoms with van der Waals surface area (Å²) in [6.07, 6.45) is 6.59. The number of carbonyl (C=O) groups excluding carboxylic acids is 1. The van der Waals surface area contributed by atoms with Crippen molar-refractivity contribution in [1.29, 1.82) is 0 Å². The molecule has 0 aromatic rings. The average molecular weight is 269 g/mol. The van der Waals surface area contributed by atoms with Gasteiger partial charge in [-0.25, -0.2) is 0 Å². The van der Waals surface area contributed by atoms with Crippen LogP contribution in [0.1, 0.15) is 52.4 Å². The van der Waals surface area contributed by atoms with Crippen molar-refractivity contribution in [1.82, 2.24) is 10.2 Å². The Labute approximate surface area is 118 Å². The van der Waals surface area contributed by atoms with Gasteiger partial charge in [-0.2, -0.15) is 0 Å². The Balaban J connectivity index is 2.42. The van der Waals surface area contributed by atoms with Gasteiger partial charge in [-0.1, -0.05) is 13.8 Å². The molecule has 0 aromatic carbocycles. The van der Waals surface area contributed by atoms with E-state index in [0.29, 0.717) is 19.0 Å². The third-order valence-corrected chi connectivity index (χ3v) is 4.40. The van der Waals surface area contributed by atoms with E-state index in [2.05, 4.69) is 31.1 Å².